The van der Waals surface area contributed by atoms with E-state index in [1.54, 1.807) is 12.5 Å². The molecule has 0 radical (unpaired) electrons. The number of nitrogens with zero attached hydrogens (tertiary/aromatic N) is 2. The second-order valence-electron chi connectivity index (χ2n) is 6.34. The van der Waals surface area contributed by atoms with E-state index >= 15 is 0 Å². The van der Waals surface area contributed by atoms with Gasteiger partial charge in [-0.15, -0.1) is 11.3 Å². The number of fused-ring (bicyclic) bond motifs is 1. The molecule has 27 heavy (non-hydrogen) atoms. The first-order chi connectivity index (χ1) is 13.1. The average Bonchev–Trinajstić information content (AvgIpc) is 3.27. The van der Waals surface area contributed by atoms with E-state index in [2.05, 4.69) is 33.1 Å². The van der Waals surface area contributed by atoms with Gasteiger partial charge in [-0.2, -0.15) is 0 Å². The Bertz CT molecular complexity index is 1140. The monoisotopic (exact) mass is 377 g/mol. The van der Waals surface area contributed by atoms with Crippen molar-refractivity contribution < 1.29 is 9.53 Å². The maximum absolute atomic E-state index is 12.7. The minimum absolute atomic E-state index is 0.250. The topological polar surface area (TPSA) is 56.1 Å². The van der Waals surface area contributed by atoms with Crippen LogP contribution in [0.5, 0.6) is 5.75 Å². The maximum Gasteiger partial charge on any atom is 0.275 e. The standard InChI is InChI=1S/C21H19N3O2S/c1-13-8-9-19(26-3)15(10-13)22-20(25)16-12-27-21(23-16)18-11-14-6-4-5-7-17(14)24(18)2/h4-12H,1-3H3,(H,22,25). The second kappa shape index (κ2) is 6.89. The Kier molecular flexibility index (Phi) is 4.41. The minimum Gasteiger partial charge on any atom is -0.495 e. The van der Waals surface area contributed by atoms with E-state index in [9.17, 15) is 4.79 Å². The molecule has 1 amide bonds. The molecular weight excluding hydrogens is 358 g/mol. The smallest absolute Gasteiger partial charge is 0.275 e. The quantitative estimate of drug-likeness (QED) is 0.552. The molecule has 0 aliphatic heterocycles. The van der Waals surface area contributed by atoms with Crippen LogP contribution in [0, 0.1) is 6.92 Å². The summed E-state index contributed by atoms with van der Waals surface area (Å²) >= 11 is 1.46. The molecule has 0 saturated carbocycles. The molecule has 5 nitrogen and oxygen atoms in total. The van der Waals surface area contributed by atoms with Crippen molar-refractivity contribution in [3.05, 3.63) is 65.2 Å². The normalized spacial score (nSPS) is 10.9. The number of hydrogen-bond donors (Lipinski definition) is 1. The molecule has 0 atom stereocenters. The molecule has 0 spiro atoms. The molecule has 0 aliphatic carbocycles. The Morgan fingerprint density at radius 2 is 2.00 bits per heavy atom. The first-order valence-electron chi connectivity index (χ1n) is 8.53. The Labute approximate surface area is 161 Å². The van der Waals surface area contributed by atoms with Crippen LogP contribution in [0.3, 0.4) is 0 Å². The molecule has 2 aromatic carbocycles. The number of nitrogens with one attached hydrogen (secondary N) is 1. The lowest BCUT2D eigenvalue weighted by Gasteiger charge is -2.10. The summed E-state index contributed by atoms with van der Waals surface area (Å²) in [7, 11) is 3.60. The lowest BCUT2D eigenvalue weighted by Crippen LogP contribution is -2.13. The molecule has 0 bridgehead atoms. The molecule has 2 heterocycles. The van der Waals surface area contributed by atoms with Gasteiger partial charge in [0.1, 0.15) is 16.5 Å². The molecule has 6 heteroatoms. The molecule has 0 unspecified atom stereocenters. The largest absolute Gasteiger partial charge is 0.495 e. The SMILES string of the molecule is COc1ccc(C)cc1NC(=O)c1csc(-c2cc3ccccc3n2C)n1. The molecule has 1 N–H and O–H groups in total. The third-order valence-corrected chi connectivity index (χ3v) is 5.38. The van der Waals surface area contributed by atoms with Crippen LogP contribution in [-0.2, 0) is 7.05 Å². The summed E-state index contributed by atoms with van der Waals surface area (Å²) in [5, 5.41) is 6.65. The molecule has 0 saturated heterocycles. The lowest BCUT2D eigenvalue weighted by atomic mass is 10.2. The van der Waals surface area contributed by atoms with Crippen molar-refractivity contribution in [3.8, 4) is 16.5 Å². The highest BCUT2D eigenvalue weighted by atomic mass is 32.1. The third kappa shape index (κ3) is 3.19. The van der Waals surface area contributed by atoms with E-state index < -0.39 is 0 Å². The summed E-state index contributed by atoms with van der Waals surface area (Å²) in [5.41, 5.74) is 4.21. The van der Waals surface area contributed by atoms with E-state index in [1.807, 2.05) is 44.3 Å². The fraction of sp³-hybridized carbons (Fsp3) is 0.143. The summed E-state index contributed by atoms with van der Waals surface area (Å²) < 4.78 is 7.42. The van der Waals surface area contributed by atoms with Gasteiger partial charge in [0.25, 0.3) is 5.91 Å². The Morgan fingerprint density at radius 1 is 1.19 bits per heavy atom. The van der Waals surface area contributed by atoms with Gasteiger partial charge >= 0.3 is 0 Å². The zero-order valence-electron chi connectivity index (χ0n) is 15.3. The van der Waals surface area contributed by atoms with E-state index in [1.165, 1.54) is 11.3 Å². The van der Waals surface area contributed by atoms with Crippen LogP contribution in [0.1, 0.15) is 16.1 Å². The minimum atomic E-state index is -0.250. The van der Waals surface area contributed by atoms with Gasteiger partial charge in [-0.1, -0.05) is 24.3 Å². The van der Waals surface area contributed by atoms with Crippen molar-refractivity contribution in [3.63, 3.8) is 0 Å². The highest BCUT2D eigenvalue weighted by Crippen LogP contribution is 2.30. The number of amides is 1. The number of benzene rings is 2. The first kappa shape index (κ1) is 17.3. The van der Waals surface area contributed by atoms with Crippen LogP contribution in [-0.4, -0.2) is 22.6 Å². The number of para-hydroxylation sites is 1. The number of ether oxygens (including phenoxy) is 1. The Balaban J connectivity index is 1.63. The van der Waals surface area contributed by atoms with Gasteiger partial charge in [0.2, 0.25) is 0 Å². The van der Waals surface area contributed by atoms with Crippen LogP contribution < -0.4 is 10.1 Å². The predicted octanol–water partition coefficient (Wildman–Crippen LogP) is 4.87. The fourth-order valence-corrected chi connectivity index (χ4v) is 3.95. The van der Waals surface area contributed by atoms with Crippen LogP contribution in [0.15, 0.2) is 53.9 Å². The van der Waals surface area contributed by atoms with Crippen LogP contribution in [0.2, 0.25) is 0 Å². The molecule has 4 aromatic rings. The maximum atomic E-state index is 12.7. The van der Waals surface area contributed by atoms with Crippen molar-refractivity contribution in [2.75, 3.05) is 12.4 Å². The number of anilines is 1. The highest BCUT2D eigenvalue weighted by Gasteiger charge is 2.16. The van der Waals surface area contributed by atoms with Crippen molar-refractivity contribution in [1.82, 2.24) is 9.55 Å². The fourth-order valence-electron chi connectivity index (χ4n) is 3.10. The first-order valence-corrected chi connectivity index (χ1v) is 9.41. The lowest BCUT2D eigenvalue weighted by molar-refractivity contribution is 0.102. The molecule has 2 aromatic heterocycles. The van der Waals surface area contributed by atoms with E-state index in [0.29, 0.717) is 17.1 Å². The van der Waals surface area contributed by atoms with Crippen LogP contribution in [0.25, 0.3) is 21.6 Å². The molecule has 0 fully saturated rings. The van der Waals surface area contributed by atoms with E-state index in [0.717, 1.165) is 27.2 Å². The second-order valence-corrected chi connectivity index (χ2v) is 7.20. The predicted molar refractivity (Wildman–Crippen MR) is 110 cm³/mol. The van der Waals surface area contributed by atoms with Crippen molar-refractivity contribution in [1.29, 1.82) is 0 Å². The van der Waals surface area contributed by atoms with Crippen molar-refractivity contribution >= 4 is 33.8 Å². The van der Waals surface area contributed by atoms with Gasteiger partial charge < -0.3 is 14.6 Å². The Morgan fingerprint density at radius 3 is 2.78 bits per heavy atom. The number of aromatic nitrogens is 2. The molecule has 4 rings (SSSR count). The zero-order chi connectivity index (χ0) is 19.0. The van der Waals surface area contributed by atoms with Crippen LogP contribution in [0.4, 0.5) is 5.69 Å². The van der Waals surface area contributed by atoms with E-state index in [4.69, 9.17) is 4.74 Å². The Hall–Kier alpha value is -3.12. The summed E-state index contributed by atoms with van der Waals surface area (Å²) in [6.07, 6.45) is 0. The van der Waals surface area contributed by atoms with Gasteiger partial charge in [-0.05, 0) is 36.8 Å². The number of carbonyl (C=O) groups excluding carboxylic acids is 1. The molecule has 136 valence electrons. The number of rotatable bonds is 4. The summed E-state index contributed by atoms with van der Waals surface area (Å²) in [5.74, 6) is 0.373. The van der Waals surface area contributed by atoms with Crippen molar-refractivity contribution in [2.24, 2.45) is 7.05 Å². The summed E-state index contributed by atoms with van der Waals surface area (Å²) in [6.45, 7) is 1.97. The zero-order valence-corrected chi connectivity index (χ0v) is 16.1. The number of aryl methyl sites for hydroxylation is 2. The van der Waals surface area contributed by atoms with Crippen molar-refractivity contribution in [2.45, 2.75) is 6.92 Å². The summed E-state index contributed by atoms with van der Waals surface area (Å²) in [4.78, 5) is 17.2. The average molecular weight is 377 g/mol. The highest BCUT2D eigenvalue weighted by molar-refractivity contribution is 7.13. The number of thiazole rings is 1. The summed E-state index contributed by atoms with van der Waals surface area (Å²) in [6, 6.07) is 15.9. The third-order valence-electron chi connectivity index (χ3n) is 4.51. The van der Waals surface area contributed by atoms with Gasteiger partial charge in [0, 0.05) is 23.3 Å². The number of carbonyl (C=O) groups is 1. The number of hydrogen-bond acceptors (Lipinski definition) is 4. The van der Waals surface area contributed by atoms with Crippen LogP contribution >= 0.6 is 11.3 Å². The molecule has 0 aliphatic rings. The number of methoxy groups -OCH3 is 1. The van der Waals surface area contributed by atoms with Gasteiger partial charge in [0.05, 0.1) is 18.5 Å². The van der Waals surface area contributed by atoms with Gasteiger partial charge in [-0.25, -0.2) is 4.98 Å². The van der Waals surface area contributed by atoms with Gasteiger partial charge in [0.15, 0.2) is 0 Å². The van der Waals surface area contributed by atoms with E-state index in [-0.39, 0.29) is 5.91 Å². The molecular formula is C21H19N3O2S. The van der Waals surface area contributed by atoms with Gasteiger partial charge in [-0.3, -0.25) is 4.79 Å².